The molecule has 0 aliphatic carbocycles. The summed E-state index contributed by atoms with van der Waals surface area (Å²) in [5.41, 5.74) is 0.390. The molecule has 0 amide bonds. The first-order valence-corrected chi connectivity index (χ1v) is 7.42. The zero-order chi connectivity index (χ0) is 14.4. The third-order valence-corrected chi connectivity index (χ3v) is 5.31. The minimum absolute atomic E-state index is 0.0319. The van der Waals surface area contributed by atoms with Crippen molar-refractivity contribution in [3.63, 3.8) is 0 Å². The van der Waals surface area contributed by atoms with Gasteiger partial charge in [0.2, 0.25) is 0 Å². The molecule has 1 saturated heterocycles. The van der Waals surface area contributed by atoms with Crippen LogP contribution in [0.1, 0.15) is 24.5 Å². The number of aromatic amines is 1. The van der Waals surface area contributed by atoms with E-state index in [4.69, 9.17) is 0 Å². The number of nitrogens with one attached hydrogen (secondary N) is 1. The molecule has 7 nitrogen and oxygen atoms in total. The molecule has 0 saturated carbocycles. The summed E-state index contributed by atoms with van der Waals surface area (Å²) in [5, 5.41) is 19.8. The lowest BCUT2D eigenvalue weighted by Gasteiger charge is -2.17. The molecule has 8 heteroatoms. The lowest BCUT2D eigenvalue weighted by atomic mass is 10.1. The summed E-state index contributed by atoms with van der Waals surface area (Å²) in [7, 11) is 0. The van der Waals surface area contributed by atoms with Crippen molar-refractivity contribution in [2.24, 2.45) is 0 Å². The zero-order valence-corrected chi connectivity index (χ0v) is 12.0. The molecular formula is C12H16N4O3S. The summed E-state index contributed by atoms with van der Waals surface area (Å²) in [6, 6.07) is 0. The van der Waals surface area contributed by atoms with Crippen LogP contribution in [-0.2, 0) is 0 Å². The van der Waals surface area contributed by atoms with Gasteiger partial charge >= 0.3 is 0 Å². The number of fused-ring (bicyclic) bond motifs is 1. The predicted octanol–water partition coefficient (Wildman–Crippen LogP) is 0.174. The van der Waals surface area contributed by atoms with Gasteiger partial charge in [0.15, 0.2) is 11.2 Å². The molecule has 2 aromatic heterocycles. The van der Waals surface area contributed by atoms with E-state index in [2.05, 4.69) is 15.0 Å². The van der Waals surface area contributed by atoms with Gasteiger partial charge in [-0.1, -0.05) is 6.92 Å². The Morgan fingerprint density at radius 2 is 2.20 bits per heavy atom. The number of imidazole rings is 1. The minimum atomic E-state index is -0.899. The van der Waals surface area contributed by atoms with Crippen molar-refractivity contribution in [2.45, 2.75) is 43.1 Å². The number of aromatic nitrogens is 4. The number of H-pyrrole nitrogens is 1. The van der Waals surface area contributed by atoms with Crippen LogP contribution in [0.3, 0.4) is 0 Å². The molecule has 2 aromatic rings. The van der Waals surface area contributed by atoms with E-state index in [9.17, 15) is 15.0 Å². The number of nitrogens with zero attached hydrogens (tertiary/aromatic N) is 3. The van der Waals surface area contributed by atoms with E-state index in [1.165, 1.54) is 18.1 Å². The van der Waals surface area contributed by atoms with E-state index in [0.717, 1.165) is 6.42 Å². The number of aliphatic hydroxyl groups is 2. The quantitative estimate of drug-likeness (QED) is 0.730. The lowest BCUT2D eigenvalue weighted by molar-refractivity contribution is 0.0181. The molecule has 1 fully saturated rings. The highest BCUT2D eigenvalue weighted by atomic mass is 32.2. The van der Waals surface area contributed by atoms with E-state index in [1.807, 2.05) is 6.92 Å². The molecule has 3 N–H and O–H groups in total. The van der Waals surface area contributed by atoms with Crippen LogP contribution in [0.4, 0.5) is 0 Å². The molecule has 0 aromatic carbocycles. The summed E-state index contributed by atoms with van der Waals surface area (Å²) < 4.78 is 1.67. The number of thioether (sulfide) groups is 1. The summed E-state index contributed by atoms with van der Waals surface area (Å²) in [5.74, 6) is 0.495. The molecule has 0 unspecified atom stereocenters. The first-order valence-electron chi connectivity index (χ1n) is 6.48. The molecule has 3 heterocycles. The van der Waals surface area contributed by atoms with Gasteiger partial charge in [-0.2, -0.15) is 0 Å². The van der Waals surface area contributed by atoms with E-state index in [0.29, 0.717) is 11.5 Å². The fourth-order valence-corrected chi connectivity index (χ4v) is 4.00. The number of aryl methyl sites for hydroxylation is 1. The Balaban J connectivity index is 2.09. The minimum Gasteiger partial charge on any atom is -0.389 e. The van der Waals surface area contributed by atoms with Crippen molar-refractivity contribution in [2.75, 3.05) is 0 Å². The van der Waals surface area contributed by atoms with Crippen molar-refractivity contribution in [3.8, 4) is 0 Å². The van der Waals surface area contributed by atoms with E-state index < -0.39 is 12.2 Å². The van der Waals surface area contributed by atoms with Gasteiger partial charge in [0, 0.05) is 5.25 Å². The highest BCUT2D eigenvalue weighted by molar-refractivity contribution is 8.00. The van der Waals surface area contributed by atoms with Crippen LogP contribution >= 0.6 is 11.8 Å². The van der Waals surface area contributed by atoms with Crippen LogP contribution in [0.5, 0.6) is 0 Å². The summed E-state index contributed by atoms with van der Waals surface area (Å²) in [6.45, 7) is 3.66. The molecule has 0 radical (unpaired) electrons. The molecule has 20 heavy (non-hydrogen) atoms. The number of hydrogen-bond donors (Lipinski definition) is 3. The Bertz CT molecular complexity index is 698. The van der Waals surface area contributed by atoms with E-state index in [-0.39, 0.29) is 21.7 Å². The van der Waals surface area contributed by atoms with Gasteiger partial charge in [0.05, 0.1) is 12.4 Å². The Morgan fingerprint density at radius 3 is 2.85 bits per heavy atom. The molecule has 4 atom stereocenters. The maximum absolute atomic E-state index is 11.8. The van der Waals surface area contributed by atoms with Crippen molar-refractivity contribution in [1.82, 2.24) is 19.5 Å². The Labute approximate surface area is 119 Å². The average Bonchev–Trinajstić information content (AvgIpc) is 2.93. The third-order valence-electron chi connectivity index (χ3n) is 3.56. The van der Waals surface area contributed by atoms with E-state index >= 15 is 0 Å². The van der Waals surface area contributed by atoms with Crippen LogP contribution in [0.25, 0.3) is 11.2 Å². The largest absolute Gasteiger partial charge is 0.389 e. The van der Waals surface area contributed by atoms with Crippen LogP contribution < -0.4 is 5.56 Å². The highest BCUT2D eigenvalue weighted by Gasteiger charge is 2.42. The van der Waals surface area contributed by atoms with Crippen LogP contribution in [-0.4, -0.2) is 47.2 Å². The van der Waals surface area contributed by atoms with Gasteiger partial charge in [-0.25, -0.2) is 9.97 Å². The van der Waals surface area contributed by atoms with Crippen LogP contribution in [0.15, 0.2) is 11.1 Å². The molecule has 0 spiro atoms. The SMILES string of the molecule is CC[C@H]1S[C@@H](n2cnc3c(=O)[nH]c(C)nc32)[C@H](O)[C@@H]1O. The molecular weight excluding hydrogens is 280 g/mol. The van der Waals surface area contributed by atoms with Crippen molar-refractivity contribution < 1.29 is 10.2 Å². The summed E-state index contributed by atoms with van der Waals surface area (Å²) in [4.78, 5) is 22.8. The molecule has 0 bridgehead atoms. The molecule has 1 aliphatic rings. The number of hydrogen-bond acceptors (Lipinski definition) is 6. The monoisotopic (exact) mass is 296 g/mol. The second kappa shape index (κ2) is 4.87. The summed E-state index contributed by atoms with van der Waals surface area (Å²) in [6.07, 6.45) is 0.580. The van der Waals surface area contributed by atoms with Crippen LogP contribution in [0.2, 0.25) is 0 Å². The van der Waals surface area contributed by atoms with Gasteiger partial charge in [0.25, 0.3) is 5.56 Å². The molecule has 3 rings (SSSR count). The van der Waals surface area contributed by atoms with Gasteiger partial charge in [-0.05, 0) is 13.3 Å². The first kappa shape index (κ1) is 13.6. The van der Waals surface area contributed by atoms with Gasteiger partial charge in [-0.3, -0.25) is 9.36 Å². The fraction of sp³-hybridized carbons (Fsp3) is 0.583. The third kappa shape index (κ3) is 1.95. The van der Waals surface area contributed by atoms with E-state index in [1.54, 1.807) is 11.5 Å². The van der Waals surface area contributed by atoms with Crippen molar-refractivity contribution in [1.29, 1.82) is 0 Å². The smallest absolute Gasteiger partial charge is 0.279 e. The van der Waals surface area contributed by atoms with Gasteiger partial charge < -0.3 is 15.2 Å². The number of rotatable bonds is 2. The Kier molecular flexibility index (Phi) is 3.31. The topological polar surface area (TPSA) is 104 Å². The number of aliphatic hydroxyl groups excluding tert-OH is 2. The second-order valence-electron chi connectivity index (χ2n) is 4.93. The van der Waals surface area contributed by atoms with Crippen molar-refractivity contribution >= 4 is 22.9 Å². The first-order chi connectivity index (χ1) is 9.52. The Morgan fingerprint density at radius 1 is 1.45 bits per heavy atom. The molecule has 108 valence electrons. The average molecular weight is 296 g/mol. The highest BCUT2D eigenvalue weighted by Crippen LogP contribution is 2.43. The van der Waals surface area contributed by atoms with Gasteiger partial charge in [-0.15, -0.1) is 11.8 Å². The maximum Gasteiger partial charge on any atom is 0.279 e. The van der Waals surface area contributed by atoms with Gasteiger partial charge in [0.1, 0.15) is 17.3 Å². The second-order valence-corrected chi connectivity index (χ2v) is 6.29. The van der Waals surface area contributed by atoms with Crippen LogP contribution in [0, 0.1) is 6.92 Å². The molecule has 1 aliphatic heterocycles. The predicted molar refractivity (Wildman–Crippen MR) is 75.6 cm³/mol. The summed E-state index contributed by atoms with van der Waals surface area (Å²) >= 11 is 1.48. The maximum atomic E-state index is 11.8. The lowest BCUT2D eigenvalue weighted by Crippen LogP contribution is -2.31. The zero-order valence-electron chi connectivity index (χ0n) is 11.1. The normalized spacial score (nSPS) is 30.2. The van der Waals surface area contributed by atoms with Crippen molar-refractivity contribution in [3.05, 3.63) is 22.5 Å². The Hall–Kier alpha value is -1.38. The standard InChI is InChI=1S/C12H16N4O3S/c1-3-6-8(17)9(18)12(20-6)16-4-13-7-10(16)14-5(2)15-11(7)19/h4,6,8-9,12,17-18H,3H2,1-2H3,(H,14,15,19)/t6-,8-,9-,12-/m1/s1. The fourth-order valence-electron chi connectivity index (χ4n) is 2.52.